The molecule has 2 aromatic heterocycles. The fourth-order valence-electron chi connectivity index (χ4n) is 1.01. The summed E-state index contributed by atoms with van der Waals surface area (Å²) in [6, 6.07) is 1.99. The van der Waals surface area contributed by atoms with Crippen molar-refractivity contribution in [2.24, 2.45) is 0 Å². The van der Waals surface area contributed by atoms with Crippen molar-refractivity contribution in [2.75, 3.05) is 6.61 Å². The number of nitrogens with zero attached hydrogens (tertiary/aromatic N) is 2. The van der Waals surface area contributed by atoms with Crippen LogP contribution in [0.4, 0.5) is 0 Å². The molecule has 2 aromatic rings. The molecule has 4 heteroatoms. The summed E-state index contributed by atoms with van der Waals surface area (Å²) in [6.45, 7) is 0.108. The molecule has 12 heavy (non-hydrogen) atoms. The number of rotatable bonds is 2. The SMILES string of the molecule is OCCc1ncc2ccsc2n1. The van der Waals surface area contributed by atoms with E-state index in [0.717, 1.165) is 10.2 Å². The second kappa shape index (κ2) is 3.16. The van der Waals surface area contributed by atoms with Gasteiger partial charge >= 0.3 is 0 Å². The van der Waals surface area contributed by atoms with Crippen molar-refractivity contribution in [3.8, 4) is 0 Å². The van der Waals surface area contributed by atoms with E-state index in [2.05, 4.69) is 9.97 Å². The lowest BCUT2D eigenvalue weighted by molar-refractivity contribution is 0.297. The first-order valence-electron chi connectivity index (χ1n) is 3.70. The molecule has 0 aliphatic rings. The van der Waals surface area contributed by atoms with Crippen LogP contribution in [0.3, 0.4) is 0 Å². The molecule has 0 unspecified atom stereocenters. The standard InChI is InChI=1S/C8H8N2OS/c11-3-1-7-9-5-6-2-4-12-8(6)10-7/h2,4-5,11H,1,3H2. The van der Waals surface area contributed by atoms with E-state index in [0.29, 0.717) is 12.2 Å². The number of aliphatic hydroxyl groups is 1. The topological polar surface area (TPSA) is 46.0 Å². The van der Waals surface area contributed by atoms with Crippen molar-refractivity contribution >= 4 is 21.6 Å². The Labute approximate surface area is 73.7 Å². The monoisotopic (exact) mass is 180 g/mol. The minimum Gasteiger partial charge on any atom is -0.396 e. The normalized spacial score (nSPS) is 10.8. The summed E-state index contributed by atoms with van der Waals surface area (Å²) >= 11 is 1.59. The number of fused-ring (bicyclic) bond motifs is 1. The zero-order valence-electron chi connectivity index (χ0n) is 6.40. The molecule has 0 bridgehead atoms. The maximum atomic E-state index is 8.67. The molecule has 62 valence electrons. The molecule has 1 N–H and O–H groups in total. The predicted molar refractivity (Wildman–Crippen MR) is 48.2 cm³/mol. The van der Waals surface area contributed by atoms with Crippen LogP contribution in [0.1, 0.15) is 5.82 Å². The highest BCUT2D eigenvalue weighted by molar-refractivity contribution is 7.16. The van der Waals surface area contributed by atoms with E-state index in [4.69, 9.17) is 5.11 Å². The van der Waals surface area contributed by atoms with Gasteiger partial charge in [0, 0.05) is 18.0 Å². The average molecular weight is 180 g/mol. The Morgan fingerprint density at radius 1 is 1.50 bits per heavy atom. The van der Waals surface area contributed by atoms with E-state index >= 15 is 0 Å². The van der Waals surface area contributed by atoms with Gasteiger partial charge < -0.3 is 5.11 Å². The molecule has 0 aromatic carbocycles. The Morgan fingerprint density at radius 2 is 2.42 bits per heavy atom. The van der Waals surface area contributed by atoms with Gasteiger partial charge in [-0.1, -0.05) is 0 Å². The summed E-state index contributed by atoms with van der Waals surface area (Å²) in [5.41, 5.74) is 0. The maximum Gasteiger partial charge on any atom is 0.132 e. The highest BCUT2D eigenvalue weighted by Crippen LogP contribution is 2.16. The van der Waals surface area contributed by atoms with Crippen LogP contribution in [0.2, 0.25) is 0 Å². The fourth-order valence-corrected chi connectivity index (χ4v) is 1.77. The third-order valence-electron chi connectivity index (χ3n) is 1.59. The minimum absolute atomic E-state index is 0.108. The molecule has 0 fully saturated rings. The van der Waals surface area contributed by atoms with E-state index in [1.807, 2.05) is 11.4 Å². The van der Waals surface area contributed by atoms with Gasteiger partial charge in [0.25, 0.3) is 0 Å². The molecule has 0 amide bonds. The highest BCUT2D eigenvalue weighted by atomic mass is 32.1. The number of hydrogen-bond donors (Lipinski definition) is 1. The number of thiophene rings is 1. The fraction of sp³-hybridized carbons (Fsp3) is 0.250. The molecule has 0 saturated carbocycles. The molecule has 0 spiro atoms. The van der Waals surface area contributed by atoms with Crippen molar-refractivity contribution in [1.29, 1.82) is 0 Å². The van der Waals surface area contributed by atoms with Crippen LogP contribution >= 0.6 is 11.3 Å². The average Bonchev–Trinajstić information content (AvgIpc) is 2.51. The first-order valence-corrected chi connectivity index (χ1v) is 4.58. The first-order chi connectivity index (χ1) is 5.90. The van der Waals surface area contributed by atoms with Gasteiger partial charge in [0.2, 0.25) is 0 Å². The number of aliphatic hydroxyl groups excluding tert-OH is 1. The van der Waals surface area contributed by atoms with Gasteiger partial charge in [0.1, 0.15) is 10.7 Å². The second-order valence-electron chi connectivity index (χ2n) is 2.44. The van der Waals surface area contributed by atoms with Gasteiger partial charge in [-0.2, -0.15) is 0 Å². The van der Waals surface area contributed by atoms with Crippen molar-refractivity contribution in [3.63, 3.8) is 0 Å². The molecule has 0 aliphatic carbocycles. The van der Waals surface area contributed by atoms with Crippen molar-refractivity contribution < 1.29 is 5.11 Å². The van der Waals surface area contributed by atoms with Gasteiger partial charge in [-0.05, 0) is 11.4 Å². The van der Waals surface area contributed by atoms with E-state index in [1.165, 1.54) is 0 Å². The Kier molecular flexibility index (Phi) is 2.01. The van der Waals surface area contributed by atoms with Gasteiger partial charge in [0.15, 0.2) is 0 Å². The van der Waals surface area contributed by atoms with Crippen LogP contribution in [-0.2, 0) is 6.42 Å². The molecule has 3 nitrogen and oxygen atoms in total. The smallest absolute Gasteiger partial charge is 0.132 e. The summed E-state index contributed by atoms with van der Waals surface area (Å²) in [6.07, 6.45) is 2.33. The van der Waals surface area contributed by atoms with E-state index in [9.17, 15) is 0 Å². The van der Waals surface area contributed by atoms with E-state index < -0.39 is 0 Å². The molecule has 0 radical (unpaired) electrons. The zero-order valence-corrected chi connectivity index (χ0v) is 7.21. The van der Waals surface area contributed by atoms with E-state index in [1.54, 1.807) is 17.5 Å². The highest BCUT2D eigenvalue weighted by Gasteiger charge is 1.99. The van der Waals surface area contributed by atoms with Gasteiger partial charge in [-0.25, -0.2) is 9.97 Å². The lowest BCUT2D eigenvalue weighted by Gasteiger charge is -1.94. The Bertz CT molecular complexity index is 385. The third kappa shape index (κ3) is 1.31. The summed E-state index contributed by atoms with van der Waals surface area (Å²) in [7, 11) is 0. The molecule has 2 rings (SSSR count). The zero-order chi connectivity index (χ0) is 8.39. The molecule has 0 atom stereocenters. The maximum absolute atomic E-state index is 8.67. The molecular weight excluding hydrogens is 172 g/mol. The molecule has 0 aliphatic heterocycles. The van der Waals surface area contributed by atoms with Crippen molar-refractivity contribution in [3.05, 3.63) is 23.5 Å². The first kappa shape index (κ1) is 7.64. The van der Waals surface area contributed by atoms with Crippen LogP contribution in [-0.4, -0.2) is 21.7 Å². The summed E-state index contributed by atoms with van der Waals surface area (Å²) in [5, 5.41) is 11.7. The number of aromatic nitrogens is 2. The minimum atomic E-state index is 0.108. The second-order valence-corrected chi connectivity index (χ2v) is 3.34. The predicted octanol–water partition coefficient (Wildman–Crippen LogP) is 1.23. The van der Waals surface area contributed by atoms with Gasteiger partial charge in [-0.3, -0.25) is 0 Å². The molecule has 2 heterocycles. The third-order valence-corrected chi connectivity index (χ3v) is 2.42. The van der Waals surface area contributed by atoms with Gasteiger partial charge in [-0.15, -0.1) is 11.3 Å². The van der Waals surface area contributed by atoms with Crippen LogP contribution in [0, 0.1) is 0 Å². The molecule has 0 saturated heterocycles. The van der Waals surface area contributed by atoms with E-state index in [-0.39, 0.29) is 6.61 Å². The Morgan fingerprint density at radius 3 is 3.25 bits per heavy atom. The van der Waals surface area contributed by atoms with Crippen LogP contribution in [0.25, 0.3) is 10.2 Å². The Balaban J connectivity index is 2.46. The summed E-state index contributed by atoms with van der Waals surface area (Å²) in [5.74, 6) is 0.715. The quantitative estimate of drug-likeness (QED) is 0.756. The van der Waals surface area contributed by atoms with Crippen LogP contribution in [0.15, 0.2) is 17.6 Å². The summed E-state index contributed by atoms with van der Waals surface area (Å²) < 4.78 is 0. The van der Waals surface area contributed by atoms with Gasteiger partial charge in [0.05, 0.1) is 6.61 Å². The van der Waals surface area contributed by atoms with Crippen LogP contribution < -0.4 is 0 Å². The van der Waals surface area contributed by atoms with Crippen molar-refractivity contribution in [2.45, 2.75) is 6.42 Å². The molecular formula is C8H8N2OS. The Hall–Kier alpha value is -1.00. The lowest BCUT2D eigenvalue weighted by atomic mass is 10.4. The van der Waals surface area contributed by atoms with Crippen molar-refractivity contribution in [1.82, 2.24) is 9.97 Å². The largest absolute Gasteiger partial charge is 0.396 e. The lowest BCUT2D eigenvalue weighted by Crippen LogP contribution is -1.96. The number of hydrogen-bond acceptors (Lipinski definition) is 4. The summed E-state index contributed by atoms with van der Waals surface area (Å²) in [4.78, 5) is 9.37. The van der Waals surface area contributed by atoms with Crippen LogP contribution in [0.5, 0.6) is 0 Å².